The Labute approximate surface area is 232 Å². The number of hydrogen-bond donors (Lipinski definition) is 3. The molecule has 0 fully saturated rings. The third-order valence-corrected chi connectivity index (χ3v) is 7.07. The molecule has 0 spiro atoms. The molecule has 5 atom stereocenters. The molecule has 0 aromatic heterocycles. The van der Waals surface area contributed by atoms with Crippen molar-refractivity contribution >= 4 is 23.8 Å². The van der Waals surface area contributed by atoms with Crippen LogP contribution < -0.4 is 20.7 Å². The summed E-state index contributed by atoms with van der Waals surface area (Å²) in [6.07, 6.45) is 3.81. The van der Waals surface area contributed by atoms with Crippen LogP contribution in [0.1, 0.15) is 57.8 Å². The minimum Gasteiger partial charge on any atom is -0.483 e. The molecule has 210 valence electrons. The molecule has 39 heavy (non-hydrogen) atoms. The van der Waals surface area contributed by atoms with E-state index in [1.54, 1.807) is 12.3 Å². The molecule has 2 aromatic carbocycles. The smallest absolute Gasteiger partial charge is 0.247 e. The molecule has 0 unspecified atom stereocenters. The Morgan fingerprint density at radius 2 is 1.67 bits per heavy atom. The van der Waals surface area contributed by atoms with E-state index in [0.29, 0.717) is 18.6 Å². The van der Waals surface area contributed by atoms with Crippen LogP contribution in [0, 0.1) is 11.8 Å². The summed E-state index contributed by atoms with van der Waals surface area (Å²) in [4.78, 5) is 42.7. The average Bonchev–Trinajstić information content (AvgIpc) is 2.92. The monoisotopic (exact) mass is 534 g/mol. The van der Waals surface area contributed by atoms with E-state index in [2.05, 4.69) is 29.8 Å². The summed E-state index contributed by atoms with van der Waals surface area (Å²) >= 11 is 0. The van der Waals surface area contributed by atoms with E-state index in [1.807, 2.05) is 87.4 Å². The molecular weight excluding hydrogens is 492 g/mol. The van der Waals surface area contributed by atoms with Crippen LogP contribution in [0.3, 0.4) is 0 Å². The second kappa shape index (κ2) is 13.9. The van der Waals surface area contributed by atoms with Gasteiger partial charge in [0.15, 0.2) is 6.10 Å². The zero-order valence-corrected chi connectivity index (χ0v) is 23.8. The molecule has 4 rings (SSSR count). The zero-order valence-electron chi connectivity index (χ0n) is 23.8. The topological polar surface area (TPSA) is 99.8 Å². The van der Waals surface area contributed by atoms with E-state index in [4.69, 9.17) is 4.74 Å². The van der Waals surface area contributed by atoms with Crippen molar-refractivity contribution in [3.63, 3.8) is 0 Å². The summed E-state index contributed by atoms with van der Waals surface area (Å²) in [5.74, 6) is -0.405. The SMILES string of the molecule is CC[C@H](C)[C@@H]1NC(=O)[C@H](NC(=O)[C@H](CC(C)C)N(C)C)[C@H](c2ccccc2)Oc2ccc(cc2)C=CNC1=O. The van der Waals surface area contributed by atoms with E-state index in [9.17, 15) is 14.4 Å². The van der Waals surface area contributed by atoms with Gasteiger partial charge in [0.2, 0.25) is 17.7 Å². The molecule has 8 nitrogen and oxygen atoms in total. The van der Waals surface area contributed by atoms with E-state index in [0.717, 1.165) is 11.1 Å². The molecule has 0 saturated carbocycles. The second-order valence-corrected chi connectivity index (χ2v) is 10.8. The van der Waals surface area contributed by atoms with Gasteiger partial charge in [0, 0.05) is 6.20 Å². The number of amides is 3. The van der Waals surface area contributed by atoms with Crippen molar-refractivity contribution < 1.29 is 19.1 Å². The standard InChI is InChI=1S/C31H42N4O4/c1-7-21(4)26-30(37)32-18-17-22-13-15-24(16-14-22)39-28(23-11-9-8-10-12-23)27(31(38)33-26)34-29(36)25(35(5)6)19-20(2)3/h8-18,20-21,25-28H,7,19H2,1-6H3,(H,32,37)(H,33,38)(H,34,36)/t21-,25-,26-,27+,28-/m0/s1. The lowest BCUT2D eigenvalue weighted by Crippen LogP contribution is -2.59. The summed E-state index contributed by atoms with van der Waals surface area (Å²) in [6.45, 7) is 8.00. The van der Waals surface area contributed by atoms with Gasteiger partial charge in [-0.1, -0.05) is 76.6 Å². The van der Waals surface area contributed by atoms with Crippen molar-refractivity contribution in [1.82, 2.24) is 20.9 Å². The molecule has 0 radical (unpaired) electrons. The van der Waals surface area contributed by atoms with Crippen LogP contribution >= 0.6 is 0 Å². The van der Waals surface area contributed by atoms with Crippen LogP contribution in [0.2, 0.25) is 0 Å². The number of hydrogen-bond acceptors (Lipinski definition) is 5. The van der Waals surface area contributed by atoms with Gasteiger partial charge in [-0.2, -0.15) is 0 Å². The lowest BCUT2D eigenvalue weighted by Gasteiger charge is -2.33. The number of carbonyl (C=O) groups is 3. The first-order chi connectivity index (χ1) is 18.6. The molecule has 8 heteroatoms. The molecule has 3 N–H and O–H groups in total. The minimum atomic E-state index is -1.10. The minimum absolute atomic E-state index is 0.142. The van der Waals surface area contributed by atoms with Gasteiger partial charge in [0.05, 0.1) is 6.04 Å². The van der Waals surface area contributed by atoms with Crippen molar-refractivity contribution in [2.45, 2.75) is 64.8 Å². The van der Waals surface area contributed by atoms with Gasteiger partial charge >= 0.3 is 0 Å². The third-order valence-electron chi connectivity index (χ3n) is 7.07. The third kappa shape index (κ3) is 8.17. The van der Waals surface area contributed by atoms with Gasteiger partial charge < -0.3 is 20.7 Å². The highest BCUT2D eigenvalue weighted by molar-refractivity contribution is 5.94. The normalized spacial score (nSPS) is 21.5. The van der Waals surface area contributed by atoms with E-state index >= 15 is 0 Å². The lowest BCUT2D eigenvalue weighted by atomic mass is 9.95. The maximum Gasteiger partial charge on any atom is 0.247 e. The van der Waals surface area contributed by atoms with Crippen LogP contribution in [-0.2, 0) is 14.4 Å². The van der Waals surface area contributed by atoms with Crippen LogP contribution in [0.4, 0.5) is 0 Å². The Balaban J connectivity index is 2.11. The Bertz CT molecular complexity index is 1130. The number of carbonyl (C=O) groups excluding carboxylic acids is 3. The largest absolute Gasteiger partial charge is 0.483 e. The zero-order chi connectivity index (χ0) is 28.5. The predicted octanol–water partition coefficient (Wildman–Crippen LogP) is 3.90. The highest BCUT2D eigenvalue weighted by Gasteiger charge is 2.38. The number of benzene rings is 2. The second-order valence-electron chi connectivity index (χ2n) is 10.8. The fourth-order valence-corrected chi connectivity index (χ4v) is 4.56. The first kappa shape index (κ1) is 29.9. The highest BCUT2D eigenvalue weighted by Crippen LogP contribution is 2.27. The van der Waals surface area contributed by atoms with Crippen LogP contribution in [-0.4, -0.2) is 54.8 Å². The molecule has 2 aliphatic heterocycles. The van der Waals surface area contributed by atoms with Crippen molar-refractivity contribution in [3.05, 3.63) is 71.9 Å². The molecule has 3 amide bonds. The molecule has 0 aliphatic carbocycles. The number of ether oxygens (including phenoxy) is 1. The van der Waals surface area contributed by atoms with Gasteiger partial charge in [-0.25, -0.2) is 0 Å². The van der Waals surface area contributed by atoms with Crippen LogP contribution in [0.15, 0.2) is 60.8 Å². The molecule has 2 aromatic rings. The maximum atomic E-state index is 14.0. The van der Waals surface area contributed by atoms with Gasteiger partial charge in [-0.15, -0.1) is 0 Å². The summed E-state index contributed by atoms with van der Waals surface area (Å²) in [6, 6.07) is 14.4. The number of likely N-dealkylation sites (N-methyl/N-ethyl adjacent to an activating group) is 1. The van der Waals surface area contributed by atoms with E-state index < -0.39 is 30.1 Å². The molecule has 2 bridgehead atoms. The van der Waals surface area contributed by atoms with E-state index in [-0.39, 0.29) is 23.7 Å². The van der Waals surface area contributed by atoms with Crippen molar-refractivity contribution in [1.29, 1.82) is 0 Å². The summed E-state index contributed by atoms with van der Waals surface area (Å²) in [5, 5.41) is 8.74. The fourth-order valence-electron chi connectivity index (χ4n) is 4.56. The highest BCUT2D eigenvalue weighted by atomic mass is 16.5. The number of nitrogens with one attached hydrogen (secondary N) is 3. The summed E-state index contributed by atoms with van der Waals surface area (Å²) < 4.78 is 6.44. The lowest BCUT2D eigenvalue weighted by molar-refractivity contribution is -0.136. The van der Waals surface area contributed by atoms with Crippen LogP contribution in [0.5, 0.6) is 5.75 Å². The van der Waals surface area contributed by atoms with Crippen molar-refractivity contribution in [3.8, 4) is 5.75 Å². The number of fused-ring (bicyclic) bond motifs is 10. The Hall–Kier alpha value is -3.65. The van der Waals surface area contributed by atoms with Gasteiger partial charge in [0.1, 0.15) is 17.8 Å². The quantitative estimate of drug-likeness (QED) is 0.477. The van der Waals surface area contributed by atoms with Crippen LogP contribution in [0.25, 0.3) is 6.08 Å². The Morgan fingerprint density at radius 1 is 1.00 bits per heavy atom. The summed E-state index contributed by atoms with van der Waals surface area (Å²) in [5.41, 5.74) is 1.61. The Kier molecular flexibility index (Phi) is 10.7. The number of nitrogens with zero attached hydrogens (tertiary/aromatic N) is 1. The fraction of sp³-hybridized carbons (Fsp3) is 0.452. The first-order valence-electron chi connectivity index (χ1n) is 13.7. The van der Waals surface area contributed by atoms with Crippen molar-refractivity contribution in [2.75, 3.05) is 14.1 Å². The number of rotatable bonds is 8. The first-order valence-corrected chi connectivity index (χ1v) is 13.7. The average molecular weight is 535 g/mol. The van der Waals surface area contributed by atoms with Gasteiger partial charge in [-0.3, -0.25) is 19.3 Å². The molecular formula is C31H42N4O4. The van der Waals surface area contributed by atoms with Crippen molar-refractivity contribution in [2.24, 2.45) is 11.8 Å². The molecule has 2 aliphatic rings. The van der Waals surface area contributed by atoms with E-state index in [1.165, 1.54) is 0 Å². The summed E-state index contributed by atoms with van der Waals surface area (Å²) in [7, 11) is 3.70. The molecule has 0 saturated heterocycles. The predicted molar refractivity (Wildman–Crippen MR) is 154 cm³/mol. The maximum absolute atomic E-state index is 14.0. The van der Waals surface area contributed by atoms with Gasteiger partial charge in [0.25, 0.3) is 0 Å². The Morgan fingerprint density at radius 3 is 2.26 bits per heavy atom. The molecule has 2 heterocycles. The van der Waals surface area contributed by atoms with Gasteiger partial charge in [-0.05, 0) is 61.7 Å².